The van der Waals surface area contributed by atoms with Crippen molar-refractivity contribution in [2.45, 2.75) is 31.4 Å². The van der Waals surface area contributed by atoms with Crippen LogP contribution in [0.4, 0.5) is 0 Å². The van der Waals surface area contributed by atoms with Crippen molar-refractivity contribution in [3.05, 3.63) is 46.2 Å². The Labute approximate surface area is 135 Å². The number of aromatic nitrogens is 1. The van der Waals surface area contributed by atoms with E-state index >= 15 is 0 Å². The minimum Gasteiger partial charge on any atom is -0.393 e. The lowest BCUT2D eigenvalue weighted by molar-refractivity contribution is -0.0255. The molecule has 0 radical (unpaired) electrons. The van der Waals surface area contributed by atoms with Crippen LogP contribution in [0.5, 0.6) is 0 Å². The molecular formula is C18H24N2O3. The van der Waals surface area contributed by atoms with Crippen LogP contribution in [-0.4, -0.2) is 45.0 Å². The molecule has 1 aromatic carbocycles. The fraction of sp³-hybridized carbons (Fsp3) is 0.500. The highest BCUT2D eigenvalue weighted by Crippen LogP contribution is 2.23. The molecule has 1 aliphatic heterocycles. The number of hydrogen-bond acceptors (Lipinski definition) is 4. The summed E-state index contributed by atoms with van der Waals surface area (Å²) in [4.78, 5) is 14.8. The lowest BCUT2D eigenvalue weighted by Crippen LogP contribution is -2.35. The molecule has 1 atom stereocenters. The molecule has 0 spiro atoms. The molecule has 3 rings (SSSR count). The third-order valence-electron chi connectivity index (χ3n) is 4.91. The Balaban J connectivity index is 1.84. The van der Waals surface area contributed by atoms with Crippen LogP contribution in [0.25, 0.3) is 10.9 Å². The number of pyridine rings is 1. The van der Waals surface area contributed by atoms with Crippen LogP contribution in [0.15, 0.2) is 35.1 Å². The van der Waals surface area contributed by atoms with Gasteiger partial charge in [0.15, 0.2) is 0 Å². The molecule has 0 bridgehead atoms. The first-order chi connectivity index (χ1) is 11.0. The predicted molar refractivity (Wildman–Crippen MR) is 90.4 cm³/mol. The zero-order valence-electron chi connectivity index (χ0n) is 13.5. The number of aliphatic hydroxyl groups excluding tert-OH is 1. The van der Waals surface area contributed by atoms with E-state index in [9.17, 15) is 15.0 Å². The second-order valence-corrected chi connectivity index (χ2v) is 6.60. The van der Waals surface area contributed by atoms with Gasteiger partial charge in [-0.25, -0.2) is 0 Å². The molecule has 0 aliphatic carbocycles. The van der Waals surface area contributed by atoms with Gasteiger partial charge in [-0.15, -0.1) is 0 Å². The van der Waals surface area contributed by atoms with Crippen LogP contribution in [0.3, 0.4) is 0 Å². The van der Waals surface area contributed by atoms with Crippen molar-refractivity contribution >= 4 is 10.9 Å². The molecular weight excluding hydrogens is 292 g/mol. The fourth-order valence-electron chi connectivity index (χ4n) is 3.39. The minimum atomic E-state index is -0.969. The molecule has 5 heteroatoms. The summed E-state index contributed by atoms with van der Waals surface area (Å²) in [5.74, 6) is 0. The number of rotatable bonds is 3. The van der Waals surface area contributed by atoms with Crippen LogP contribution in [0, 0.1) is 0 Å². The quantitative estimate of drug-likeness (QED) is 0.894. The van der Waals surface area contributed by atoms with E-state index in [1.165, 1.54) is 0 Å². The van der Waals surface area contributed by atoms with Gasteiger partial charge >= 0.3 is 0 Å². The van der Waals surface area contributed by atoms with Gasteiger partial charge in [0.2, 0.25) is 0 Å². The Morgan fingerprint density at radius 2 is 2.00 bits per heavy atom. The fourth-order valence-corrected chi connectivity index (χ4v) is 3.39. The Hall–Kier alpha value is -1.69. The molecule has 1 saturated heterocycles. The predicted octanol–water partition coefficient (Wildman–Crippen LogP) is 1.25. The molecule has 5 nitrogen and oxygen atoms in total. The van der Waals surface area contributed by atoms with E-state index in [0.29, 0.717) is 25.9 Å². The average Bonchev–Trinajstić information content (AvgIpc) is 2.75. The van der Waals surface area contributed by atoms with Gasteiger partial charge in [-0.05, 0) is 43.3 Å². The zero-order chi connectivity index (χ0) is 16.4. The minimum absolute atomic E-state index is 0.0327. The first kappa shape index (κ1) is 16.2. The van der Waals surface area contributed by atoms with Crippen molar-refractivity contribution < 1.29 is 10.2 Å². The molecule has 1 unspecified atom stereocenters. The molecule has 23 heavy (non-hydrogen) atoms. The standard InChI is InChI=1S/C18H24N2O3/c1-19-16-6-3-2-5-14(16)11-15(17(19)22)12-20-9-4-7-18(23,13-21)8-10-20/h2-3,5-6,11,21,23H,4,7-10,12-13H2,1H3. The van der Waals surface area contributed by atoms with Crippen LogP contribution in [-0.2, 0) is 13.6 Å². The van der Waals surface area contributed by atoms with E-state index in [0.717, 1.165) is 29.4 Å². The molecule has 2 N–H and O–H groups in total. The van der Waals surface area contributed by atoms with Crippen LogP contribution >= 0.6 is 0 Å². The summed E-state index contributed by atoms with van der Waals surface area (Å²) in [6.07, 6.45) is 1.97. The van der Waals surface area contributed by atoms with Crippen molar-refractivity contribution in [1.82, 2.24) is 9.47 Å². The number of aliphatic hydroxyl groups is 2. The Morgan fingerprint density at radius 1 is 1.22 bits per heavy atom. The molecule has 2 aromatic rings. The first-order valence-electron chi connectivity index (χ1n) is 8.16. The lowest BCUT2D eigenvalue weighted by atomic mass is 9.96. The molecule has 0 amide bonds. The van der Waals surface area contributed by atoms with Gasteiger partial charge in [-0.2, -0.15) is 0 Å². The summed E-state index contributed by atoms with van der Waals surface area (Å²) in [7, 11) is 1.81. The smallest absolute Gasteiger partial charge is 0.255 e. The van der Waals surface area contributed by atoms with E-state index < -0.39 is 5.60 Å². The third kappa shape index (κ3) is 3.32. The maximum absolute atomic E-state index is 12.6. The highest BCUT2D eigenvalue weighted by Gasteiger charge is 2.29. The van der Waals surface area contributed by atoms with E-state index in [-0.39, 0.29) is 12.2 Å². The summed E-state index contributed by atoms with van der Waals surface area (Å²) in [6.45, 7) is 1.91. The maximum Gasteiger partial charge on any atom is 0.255 e. The molecule has 2 heterocycles. The SMILES string of the molecule is Cn1c(=O)c(CN2CCCC(O)(CO)CC2)cc2ccccc21. The zero-order valence-corrected chi connectivity index (χ0v) is 13.5. The number of para-hydroxylation sites is 1. The lowest BCUT2D eigenvalue weighted by Gasteiger charge is -2.24. The molecule has 1 aliphatic rings. The normalized spacial score (nSPS) is 23.1. The second-order valence-electron chi connectivity index (χ2n) is 6.60. The summed E-state index contributed by atoms with van der Waals surface area (Å²) in [5, 5.41) is 20.6. The Morgan fingerprint density at radius 3 is 2.78 bits per heavy atom. The van der Waals surface area contributed by atoms with Gasteiger partial charge in [0, 0.05) is 25.7 Å². The largest absolute Gasteiger partial charge is 0.393 e. The molecule has 124 valence electrons. The first-order valence-corrected chi connectivity index (χ1v) is 8.16. The highest BCUT2D eigenvalue weighted by molar-refractivity contribution is 5.79. The van der Waals surface area contributed by atoms with E-state index in [1.54, 1.807) is 11.6 Å². The van der Waals surface area contributed by atoms with E-state index in [1.807, 2.05) is 30.3 Å². The van der Waals surface area contributed by atoms with Crippen molar-refractivity contribution in [2.24, 2.45) is 7.05 Å². The third-order valence-corrected chi connectivity index (χ3v) is 4.91. The average molecular weight is 316 g/mol. The van der Waals surface area contributed by atoms with Gasteiger partial charge in [0.05, 0.1) is 17.7 Å². The van der Waals surface area contributed by atoms with Crippen LogP contribution < -0.4 is 5.56 Å². The van der Waals surface area contributed by atoms with Crippen molar-refractivity contribution in [3.63, 3.8) is 0 Å². The van der Waals surface area contributed by atoms with Gasteiger partial charge in [0.25, 0.3) is 5.56 Å². The number of nitrogens with zero attached hydrogens (tertiary/aromatic N) is 2. The Kier molecular flexibility index (Phi) is 4.53. The van der Waals surface area contributed by atoms with Crippen LogP contribution in [0.1, 0.15) is 24.8 Å². The van der Waals surface area contributed by atoms with E-state index in [2.05, 4.69) is 4.90 Å². The monoisotopic (exact) mass is 316 g/mol. The summed E-state index contributed by atoms with van der Waals surface area (Å²) in [5.41, 5.74) is 0.779. The number of fused-ring (bicyclic) bond motifs is 1. The van der Waals surface area contributed by atoms with Crippen molar-refractivity contribution in [3.8, 4) is 0 Å². The summed E-state index contributed by atoms with van der Waals surface area (Å²) >= 11 is 0. The Bertz CT molecular complexity index is 756. The van der Waals surface area contributed by atoms with Gasteiger partial charge in [-0.1, -0.05) is 18.2 Å². The molecule has 0 saturated carbocycles. The number of likely N-dealkylation sites (tertiary alicyclic amines) is 1. The van der Waals surface area contributed by atoms with Gasteiger partial charge < -0.3 is 14.8 Å². The second kappa shape index (κ2) is 6.43. The van der Waals surface area contributed by atoms with E-state index in [4.69, 9.17) is 0 Å². The highest BCUT2D eigenvalue weighted by atomic mass is 16.3. The summed E-state index contributed by atoms with van der Waals surface area (Å²) < 4.78 is 1.70. The van der Waals surface area contributed by atoms with Crippen molar-refractivity contribution in [1.29, 1.82) is 0 Å². The maximum atomic E-state index is 12.6. The topological polar surface area (TPSA) is 65.7 Å². The number of aryl methyl sites for hydroxylation is 1. The van der Waals surface area contributed by atoms with Crippen LogP contribution in [0.2, 0.25) is 0 Å². The summed E-state index contributed by atoms with van der Waals surface area (Å²) in [6, 6.07) is 9.86. The van der Waals surface area contributed by atoms with Gasteiger partial charge in [0.1, 0.15) is 0 Å². The van der Waals surface area contributed by atoms with Crippen molar-refractivity contribution in [2.75, 3.05) is 19.7 Å². The number of benzene rings is 1. The molecule has 1 fully saturated rings. The number of hydrogen-bond donors (Lipinski definition) is 2. The van der Waals surface area contributed by atoms with Gasteiger partial charge in [-0.3, -0.25) is 9.69 Å². The molecule has 1 aromatic heterocycles.